The van der Waals surface area contributed by atoms with Crippen LogP contribution in [0.4, 0.5) is 5.69 Å². The fourth-order valence-corrected chi connectivity index (χ4v) is 8.56. The van der Waals surface area contributed by atoms with Crippen LogP contribution >= 0.6 is 0 Å². The third kappa shape index (κ3) is 10.2. The Labute approximate surface area is 341 Å². The number of nitrogens with two attached hydrogens (primary N) is 1. The van der Waals surface area contributed by atoms with Gasteiger partial charge in [0, 0.05) is 75.4 Å². The molecule has 0 aliphatic carbocycles. The topological polar surface area (TPSA) is 95.1 Å². The van der Waals surface area contributed by atoms with Gasteiger partial charge in [-0.3, -0.25) is 14.4 Å². The van der Waals surface area contributed by atoms with Crippen molar-refractivity contribution in [3.8, 4) is 11.3 Å². The van der Waals surface area contributed by atoms with Crippen molar-refractivity contribution >= 4 is 23.9 Å². The van der Waals surface area contributed by atoms with E-state index in [0.29, 0.717) is 26.1 Å². The number of carbonyl (C=O) groups is 3. The molecule has 306 valence electrons. The number of nitrogens with zero attached hydrogens (tertiary/aromatic N) is 5. The van der Waals surface area contributed by atoms with E-state index in [1.165, 1.54) is 39.2 Å². The number of amides is 3. The van der Waals surface area contributed by atoms with Crippen molar-refractivity contribution in [1.82, 2.24) is 19.3 Å². The van der Waals surface area contributed by atoms with Gasteiger partial charge in [-0.25, -0.2) is 0 Å². The number of hydrogen-bond donors (Lipinski definition) is 1. The van der Waals surface area contributed by atoms with E-state index in [-0.39, 0.29) is 24.3 Å². The van der Waals surface area contributed by atoms with Crippen LogP contribution in [0, 0.1) is 6.92 Å². The predicted octanol–water partition coefficient (Wildman–Crippen LogP) is 7.50. The van der Waals surface area contributed by atoms with E-state index in [9.17, 15) is 4.79 Å². The van der Waals surface area contributed by atoms with Crippen LogP contribution in [-0.4, -0.2) is 84.3 Å². The molecular formula is C48H66N6O3. The summed E-state index contributed by atoms with van der Waals surface area (Å²) in [5, 5.41) is 0. The number of fused-ring (bicyclic) bond motifs is 2. The Kier molecular flexibility index (Phi) is 15.2. The lowest BCUT2D eigenvalue weighted by atomic mass is 9.87. The average molecular weight is 775 g/mol. The first-order valence-corrected chi connectivity index (χ1v) is 21.0. The van der Waals surface area contributed by atoms with Crippen LogP contribution in [0.15, 0.2) is 60.7 Å². The SMILES string of the molecule is CCCCc1c(CCCC)c(-c2cc3c(cc2C(=O)N2Cc4ccccc4C[C@H]2C)CN(C(=O)Cc2cccc(N(C)CCN(C)C)c2)CC3)n(C)c1C.NC=O. The van der Waals surface area contributed by atoms with Gasteiger partial charge in [0.05, 0.1) is 12.1 Å². The molecule has 3 amide bonds. The Morgan fingerprint density at radius 3 is 2.23 bits per heavy atom. The number of likely N-dealkylation sites (N-methyl/N-ethyl adjacent to an activating group) is 2. The zero-order valence-corrected chi connectivity index (χ0v) is 35.9. The quantitative estimate of drug-likeness (QED) is 0.134. The zero-order valence-electron chi connectivity index (χ0n) is 35.9. The van der Waals surface area contributed by atoms with Crippen LogP contribution in [0.3, 0.4) is 0 Å². The molecule has 1 atom stereocenters. The Morgan fingerprint density at radius 2 is 1.54 bits per heavy atom. The monoisotopic (exact) mass is 775 g/mol. The zero-order chi connectivity index (χ0) is 41.2. The Bertz CT molecular complexity index is 2020. The third-order valence-corrected chi connectivity index (χ3v) is 12.0. The molecule has 3 aromatic carbocycles. The molecule has 0 saturated carbocycles. The number of anilines is 1. The molecule has 0 spiro atoms. The van der Waals surface area contributed by atoms with Gasteiger partial charge in [0.15, 0.2) is 0 Å². The standard InChI is InChI=1S/C47H63N5O2.CH3NO/c1-9-11-20-41-34(4)50(8)46(42(41)21-12-10-2)43-29-37-22-23-51(45(53)28-35-16-15-19-40(27-35)49(7)25-24-48(5)6)31-39(37)30-44(43)47(54)52-32-38-18-14-13-17-36(38)26-33(52)3;2-1-3/h13-19,27,29-30,33H,9-12,20-26,28,31-32H2,1-8H3;1H,(H2,2,3)/t33-;/m1./s1. The highest BCUT2D eigenvalue weighted by Crippen LogP contribution is 2.39. The number of benzene rings is 3. The molecule has 3 heterocycles. The first-order chi connectivity index (χ1) is 27.4. The molecule has 0 saturated heterocycles. The second-order valence-electron chi connectivity index (χ2n) is 16.4. The van der Waals surface area contributed by atoms with E-state index in [2.05, 4.69) is 142 Å². The van der Waals surface area contributed by atoms with Crippen LogP contribution in [0.25, 0.3) is 11.3 Å². The van der Waals surface area contributed by atoms with Crippen molar-refractivity contribution in [2.45, 2.75) is 105 Å². The highest BCUT2D eigenvalue weighted by atomic mass is 16.2. The minimum atomic E-state index is 0.0851. The lowest BCUT2D eigenvalue weighted by Crippen LogP contribution is -2.43. The van der Waals surface area contributed by atoms with Crippen LogP contribution < -0.4 is 10.6 Å². The second kappa shape index (κ2) is 20.0. The van der Waals surface area contributed by atoms with Crippen LogP contribution in [0.1, 0.15) is 101 Å². The summed E-state index contributed by atoms with van der Waals surface area (Å²) in [7, 11) is 8.48. The molecule has 9 heteroatoms. The van der Waals surface area contributed by atoms with Crippen LogP contribution in [-0.2, 0) is 61.8 Å². The predicted molar refractivity (Wildman–Crippen MR) is 234 cm³/mol. The van der Waals surface area contributed by atoms with E-state index in [4.69, 9.17) is 4.79 Å². The highest BCUT2D eigenvalue weighted by Gasteiger charge is 2.33. The smallest absolute Gasteiger partial charge is 0.255 e. The molecule has 0 radical (unpaired) electrons. The lowest BCUT2D eigenvalue weighted by molar-refractivity contribution is -0.131. The van der Waals surface area contributed by atoms with E-state index in [1.807, 2.05) is 4.90 Å². The minimum Gasteiger partial charge on any atom is -0.373 e. The number of unbranched alkanes of at least 4 members (excludes halogenated alkanes) is 2. The molecule has 0 unspecified atom stereocenters. The molecular weight excluding hydrogens is 709 g/mol. The maximum absolute atomic E-state index is 15.1. The molecule has 1 aromatic heterocycles. The van der Waals surface area contributed by atoms with Gasteiger partial charge in [-0.2, -0.15) is 0 Å². The summed E-state index contributed by atoms with van der Waals surface area (Å²) in [4.78, 5) is 46.1. The van der Waals surface area contributed by atoms with Gasteiger partial charge in [0.2, 0.25) is 12.3 Å². The maximum atomic E-state index is 15.1. The summed E-state index contributed by atoms with van der Waals surface area (Å²) in [6, 6.07) is 21.5. The molecule has 9 nitrogen and oxygen atoms in total. The van der Waals surface area contributed by atoms with Crippen molar-refractivity contribution in [2.24, 2.45) is 12.8 Å². The van der Waals surface area contributed by atoms with Gasteiger partial charge in [-0.15, -0.1) is 0 Å². The Hall–Kier alpha value is -4.89. The van der Waals surface area contributed by atoms with Crippen molar-refractivity contribution in [1.29, 1.82) is 0 Å². The van der Waals surface area contributed by atoms with Crippen molar-refractivity contribution in [2.75, 3.05) is 45.7 Å². The molecule has 0 bridgehead atoms. The summed E-state index contributed by atoms with van der Waals surface area (Å²) in [6.45, 7) is 12.7. The van der Waals surface area contributed by atoms with Crippen molar-refractivity contribution in [3.63, 3.8) is 0 Å². The van der Waals surface area contributed by atoms with Gasteiger partial charge in [-0.05, 0) is 130 Å². The Balaban J connectivity index is 0.00000200. The number of carbonyl (C=O) groups excluding carboxylic acids is 3. The molecule has 2 aliphatic heterocycles. The average Bonchev–Trinajstić information content (AvgIpc) is 3.44. The van der Waals surface area contributed by atoms with Gasteiger partial charge >= 0.3 is 0 Å². The molecule has 4 aromatic rings. The molecule has 6 rings (SSSR count). The van der Waals surface area contributed by atoms with Gasteiger partial charge in [0.1, 0.15) is 0 Å². The third-order valence-electron chi connectivity index (χ3n) is 12.0. The van der Waals surface area contributed by atoms with E-state index in [0.717, 1.165) is 92.4 Å². The van der Waals surface area contributed by atoms with E-state index < -0.39 is 0 Å². The van der Waals surface area contributed by atoms with Crippen molar-refractivity contribution in [3.05, 3.63) is 111 Å². The van der Waals surface area contributed by atoms with Gasteiger partial charge < -0.3 is 29.9 Å². The number of primary amides is 1. The first kappa shape index (κ1) is 43.2. The lowest BCUT2D eigenvalue weighted by Gasteiger charge is -2.36. The normalized spacial score (nSPS) is 14.8. The Morgan fingerprint density at radius 1 is 0.860 bits per heavy atom. The number of aromatic nitrogens is 1. The summed E-state index contributed by atoms with van der Waals surface area (Å²) in [6.07, 6.45) is 8.88. The fourth-order valence-electron chi connectivity index (χ4n) is 8.56. The van der Waals surface area contributed by atoms with E-state index in [1.54, 1.807) is 0 Å². The largest absolute Gasteiger partial charge is 0.373 e. The summed E-state index contributed by atoms with van der Waals surface area (Å²) in [5.74, 6) is 0.219. The highest BCUT2D eigenvalue weighted by molar-refractivity contribution is 6.02. The summed E-state index contributed by atoms with van der Waals surface area (Å²) >= 11 is 0. The number of rotatable bonds is 14. The second-order valence-corrected chi connectivity index (χ2v) is 16.4. The summed E-state index contributed by atoms with van der Waals surface area (Å²) < 4.78 is 2.37. The molecule has 2 N–H and O–H groups in total. The fraction of sp³-hybridized carbons (Fsp3) is 0.479. The van der Waals surface area contributed by atoms with Crippen LogP contribution in [0.5, 0.6) is 0 Å². The molecule has 2 aliphatic rings. The maximum Gasteiger partial charge on any atom is 0.255 e. The van der Waals surface area contributed by atoms with Gasteiger partial charge in [0.25, 0.3) is 5.91 Å². The van der Waals surface area contributed by atoms with Crippen molar-refractivity contribution < 1.29 is 14.4 Å². The first-order valence-electron chi connectivity index (χ1n) is 21.0. The van der Waals surface area contributed by atoms with E-state index >= 15 is 4.79 Å². The minimum absolute atomic E-state index is 0.0851. The van der Waals surface area contributed by atoms with Gasteiger partial charge in [-0.1, -0.05) is 63.1 Å². The summed E-state index contributed by atoms with van der Waals surface area (Å²) in [5.41, 5.74) is 18.5. The molecule has 57 heavy (non-hydrogen) atoms. The van der Waals surface area contributed by atoms with Crippen LogP contribution in [0.2, 0.25) is 0 Å². The number of hydrogen-bond acceptors (Lipinski definition) is 5. The molecule has 0 fully saturated rings.